The molecule has 0 saturated carbocycles. The number of hydrogen-bond acceptors (Lipinski definition) is 5. The molecule has 36 heavy (non-hydrogen) atoms. The summed E-state index contributed by atoms with van der Waals surface area (Å²) < 4.78 is 0. The van der Waals surface area contributed by atoms with E-state index in [1.807, 2.05) is 48.5 Å². The summed E-state index contributed by atoms with van der Waals surface area (Å²) in [5.41, 5.74) is 4.97. The van der Waals surface area contributed by atoms with Gasteiger partial charge < -0.3 is 25.5 Å². The van der Waals surface area contributed by atoms with Crippen LogP contribution < -0.4 is 0 Å². The Morgan fingerprint density at radius 1 is 0.444 bits per heavy atom. The zero-order chi connectivity index (χ0) is 25.2. The Hall–Kier alpha value is -4.64. The molecule has 0 amide bonds. The van der Waals surface area contributed by atoms with Crippen LogP contribution in [-0.4, -0.2) is 25.5 Å². The highest BCUT2D eigenvalue weighted by Gasteiger charge is 2.17. The standard InChI is InChI=1S/C31H26O5/c32-25-7-1-19(2-8-25)13-23-17-28-22(18-30(23)35)16-24(14-20-3-9-26(33)10-4-20)31(36)29(28)15-21-5-11-27(34)12-6-21/h1-12,16-18,32-36H,13-15H2. The van der Waals surface area contributed by atoms with Crippen LogP contribution >= 0.6 is 0 Å². The van der Waals surface area contributed by atoms with Crippen LogP contribution in [0.5, 0.6) is 28.7 Å². The number of aromatic hydroxyl groups is 5. The zero-order valence-corrected chi connectivity index (χ0v) is 19.5. The SMILES string of the molecule is Oc1ccc(Cc2cc3c(Cc4ccc(O)cc4)c(O)c(Cc4ccc(O)cc4)cc3cc2O)cc1. The first-order valence-electron chi connectivity index (χ1n) is 11.7. The van der Waals surface area contributed by atoms with Gasteiger partial charge in [0.05, 0.1) is 0 Å². The molecule has 0 unspecified atom stereocenters. The molecule has 0 aliphatic heterocycles. The van der Waals surface area contributed by atoms with E-state index in [9.17, 15) is 25.5 Å². The van der Waals surface area contributed by atoms with Crippen molar-refractivity contribution in [1.82, 2.24) is 0 Å². The van der Waals surface area contributed by atoms with E-state index in [0.29, 0.717) is 30.4 Å². The molecule has 0 atom stereocenters. The van der Waals surface area contributed by atoms with Gasteiger partial charge in [0, 0.05) is 24.8 Å². The van der Waals surface area contributed by atoms with Gasteiger partial charge in [0.25, 0.3) is 0 Å². The fourth-order valence-corrected chi connectivity index (χ4v) is 4.55. The number of rotatable bonds is 6. The molecule has 5 aromatic rings. The van der Waals surface area contributed by atoms with Gasteiger partial charge >= 0.3 is 0 Å². The highest BCUT2D eigenvalue weighted by Crippen LogP contribution is 2.38. The van der Waals surface area contributed by atoms with E-state index in [-0.39, 0.29) is 28.7 Å². The minimum absolute atomic E-state index is 0.160. The normalized spacial score (nSPS) is 11.1. The molecule has 5 aromatic carbocycles. The summed E-state index contributed by atoms with van der Waals surface area (Å²) in [5, 5.41) is 52.8. The fourth-order valence-electron chi connectivity index (χ4n) is 4.55. The second kappa shape index (κ2) is 9.55. The Kier molecular flexibility index (Phi) is 6.13. The van der Waals surface area contributed by atoms with Gasteiger partial charge in [-0.05, 0) is 93.2 Å². The minimum atomic E-state index is 0.160. The first-order valence-corrected chi connectivity index (χ1v) is 11.7. The molecule has 0 heterocycles. The van der Waals surface area contributed by atoms with Crippen LogP contribution in [0.1, 0.15) is 33.4 Å². The third kappa shape index (κ3) is 4.91. The summed E-state index contributed by atoms with van der Waals surface area (Å²) in [4.78, 5) is 0. The lowest BCUT2D eigenvalue weighted by Gasteiger charge is -2.17. The van der Waals surface area contributed by atoms with Gasteiger partial charge in [0.2, 0.25) is 0 Å². The van der Waals surface area contributed by atoms with Crippen molar-refractivity contribution in [1.29, 1.82) is 0 Å². The molecule has 0 aliphatic rings. The van der Waals surface area contributed by atoms with Gasteiger partial charge in [-0.2, -0.15) is 0 Å². The first kappa shape index (κ1) is 23.1. The summed E-state index contributed by atoms with van der Waals surface area (Å²) in [6, 6.07) is 26.2. The van der Waals surface area contributed by atoms with E-state index in [4.69, 9.17) is 0 Å². The molecular formula is C31H26O5. The Morgan fingerprint density at radius 2 is 0.889 bits per heavy atom. The summed E-state index contributed by atoms with van der Waals surface area (Å²) >= 11 is 0. The molecule has 180 valence electrons. The molecular weight excluding hydrogens is 452 g/mol. The van der Waals surface area contributed by atoms with Gasteiger partial charge in [-0.25, -0.2) is 0 Å². The predicted octanol–water partition coefficient (Wildman–Crippen LogP) is 6.14. The lowest BCUT2D eigenvalue weighted by atomic mass is 9.90. The number of hydrogen-bond donors (Lipinski definition) is 5. The predicted molar refractivity (Wildman–Crippen MR) is 140 cm³/mol. The summed E-state index contributed by atoms with van der Waals surface area (Å²) in [5.74, 6) is 0.886. The molecule has 5 nitrogen and oxygen atoms in total. The second-order valence-corrected chi connectivity index (χ2v) is 9.09. The van der Waals surface area contributed by atoms with Gasteiger partial charge in [-0.1, -0.05) is 36.4 Å². The molecule has 0 aromatic heterocycles. The van der Waals surface area contributed by atoms with Crippen LogP contribution in [0.25, 0.3) is 10.8 Å². The average Bonchev–Trinajstić information content (AvgIpc) is 2.86. The molecule has 0 spiro atoms. The van der Waals surface area contributed by atoms with E-state index >= 15 is 0 Å². The molecule has 5 heteroatoms. The topological polar surface area (TPSA) is 101 Å². The van der Waals surface area contributed by atoms with Crippen molar-refractivity contribution in [3.05, 3.63) is 124 Å². The van der Waals surface area contributed by atoms with Crippen molar-refractivity contribution >= 4 is 10.8 Å². The van der Waals surface area contributed by atoms with Crippen LogP contribution in [0, 0.1) is 0 Å². The highest BCUT2D eigenvalue weighted by atomic mass is 16.3. The second-order valence-electron chi connectivity index (χ2n) is 9.09. The number of phenolic OH excluding ortho intramolecular Hbond substituents is 5. The maximum Gasteiger partial charge on any atom is 0.123 e. The Morgan fingerprint density at radius 3 is 1.39 bits per heavy atom. The van der Waals surface area contributed by atoms with E-state index in [2.05, 4.69) is 0 Å². The Labute approximate surface area is 208 Å². The fraction of sp³-hybridized carbons (Fsp3) is 0.0968. The van der Waals surface area contributed by atoms with Crippen molar-refractivity contribution < 1.29 is 25.5 Å². The van der Waals surface area contributed by atoms with Gasteiger partial charge in [-0.15, -0.1) is 0 Å². The van der Waals surface area contributed by atoms with Crippen molar-refractivity contribution in [2.45, 2.75) is 19.3 Å². The van der Waals surface area contributed by atoms with Crippen LogP contribution in [0.3, 0.4) is 0 Å². The van der Waals surface area contributed by atoms with E-state index < -0.39 is 0 Å². The summed E-state index contributed by atoms with van der Waals surface area (Å²) in [6.45, 7) is 0. The number of phenols is 5. The minimum Gasteiger partial charge on any atom is -0.508 e. The van der Waals surface area contributed by atoms with E-state index in [1.165, 1.54) is 0 Å². The monoisotopic (exact) mass is 478 g/mol. The molecule has 0 aliphatic carbocycles. The smallest absolute Gasteiger partial charge is 0.123 e. The summed E-state index contributed by atoms with van der Waals surface area (Å²) in [6.07, 6.45) is 1.37. The molecule has 5 N–H and O–H groups in total. The first-order chi connectivity index (χ1) is 17.4. The molecule has 0 radical (unpaired) electrons. The average molecular weight is 479 g/mol. The Bertz CT molecular complexity index is 1520. The van der Waals surface area contributed by atoms with Crippen molar-refractivity contribution in [2.75, 3.05) is 0 Å². The molecule has 0 bridgehead atoms. The summed E-state index contributed by atoms with van der Waals surface area (Å²) in [7, 11) is 0. The van der Waals surface area contributed by atoms with Crippen LogP contribution in [-0.2, 0) is 19.3 Å². The lowest BCUT2D eigenvalue weighted by molar-refractivity contribution is 0.463. The molecule has 0 fully saturated rings. The van der Waals surface area contributed by atoms with Crippen LogP contribution in [0.15, 0.2) is 91.0 Å². The number of benzene rings is 5. The van der Waals surface area contributed by atoms with E-state index in [0.717, 1.165) is 33.0 Å². The van der Waals surface area contributed by atoms with Gasteiger partial charge in [0.1, 0.15) is 28.7 Å². The van der Waals surface area contributed by atoms with Gasteiger partial charge in [0.15, 0.2) is 0 Å². The quantitative estimate of drug-likeness (QED) is 0.202. The highest BCUT2D eigenvalue weighted by molar-refractivity contribution is 5.91. The van der Waals surface area contributed by atoms with Crippen molar-refractivity contribution in [2.24, 2.45) is 0 Å². The third-order valence-corrected chi connectivity index (χ3v) is 6.47. The maximum absolute atomic E-state index is 11.4. The zero-order valence-electron chi connectivity index (χ0n) is 19.5. The van der Waals surface area contributed by atoms with Crippen LogP contribution in [0.4, 0.5) is 0 Å². The van der Waals surface area contributed by atoms with E-state index in [1.54, 1.807) is 42.5 Å². The van der Waals surface area contributed by atoms with Crippen molar-refractivity contribution in [3.8, 4) is 28.7 Å². The Balaban J connectivity index is 1.62. The van der Waals surface area contributed by atoms with Crippen LogP contribution in [0.2, 0.25) is 0 Å². The maximum atomic E-state index is 11.4. The molecule has 0 saturated heterocycles. The number of fused-ring (bicyclic) bond motifs is 1. The van der Waals surface area contributed by atoms with Gasteiger partial charge in [-0.3, -0.25) is 0 Å². The largest absolute Gasteiger partial charge is 0.508 e. The lowest BCUT2D eigenvalue weighted by Crippen LogP contribution is -1.98. The van der Waals surface area contributed by atoms with Crippen molar-refractivity contribution in [3.63, 3.8) is 0 Å². The third-order valence-electron chi connectivity index (χ3n) is 6.47. The molecule has 5 rings (SSSR count).